The van der Waals surface area contributed by atoms with Gasteiger partial charge in [-0.2, -0.15) is 18.4 Å². The van der Waals surface area contributed by atoms with Crippen molar-refractivity contribution in [2.75, 3.05) is 5.32 Å². The summed E-state index contributed by atoms with van der Waals surface area (Å²) in [5, 5.41) is 14.7. The molecule has 1 fully saturated rings. The Morgan fingerprint density at radius 2 is 2.11 bits per heavy atom. The summed E-state index contributed by atoms with van der Waals surface area (Å²) < 4.78 is 55.0. The standard InChI is InChI=1S/C18H17F4N5/c1-17(14(18(20,21)22)8-15(24)27-17)12-7-11(4-5-13(12)19)26-16-10(9-23)3-2-6-25-16/h2-7,14-15,27H,8,24H2,1H3,(H,25,26)/t14-,15?,17-/m1/s1. The summed E-state index contributed by atoms with van der Waals surface area (Å²) in [5.74, 6) is -2.39. The maximum atomic E-state index is 14.5. The van der Waals surface area contributed by atoms with Gasteiger partial charge in [-0.1, -0.05) is 0 Å². The zero-order valence-electron chi connectivity index (χ0n) is 14.3. The SMILES string of the molecule is C[C@]1(c2cc(Nc3ncccc3C#N)ccc2F)NC(N)C[C@H]1C(F)(F)F. The van der Waals surface area contributed by atoms with Gasteiger partial charge in [0.25, 0.3) is 0 Å². The number of nitrogens with one attached hydrogen (secondary N) is 2. The van der Waals surface area contributed by atoms with Gasteiger partial charge in [-0.05, 0) is 43.7 Å². The fraction of sp³-hybridized carbons (Fsp3) is 0.333. The maximum Gasteiger partial charge on any atom is 0.394 e. The van der Waals surface area contributed by atoms with Crippen molar-refractivity contribution in [1.29, 1.82) is 5.26 Å². The van der Waals surface area contributed by atoms with Crippen LogP contribution in [0.15, 0.2) is 36.5 Å². The monoisotopic (exact) mass is 379 g/mol. The van der Waals surface area contributed by atoms with E-state index in [9.17, 15) is 17.6 Å². The van der Waals surface area contributed by atoms with Crippen LogP contribution in [0.2, 0.25) is 0 Å². The lowest BCUT2D eigenvalue weighted by Gasteiger charge is -2.34. The quantitative estimate of drug-likeness (QED) is 0.711. The van der Waals surface area contributed by atoms with E-state index in [1.54, 1.807) is 6.07 Å². The number of nitrogens with two attached hydrogens (primary N) is 1. The Morgan fingerprint density at radius 3 is 2.78 bits per heavy atom. The lowest BCUT2D eigenvalue weighted by atomic mass is 9.80. The van der Waals surface area contributed by atoms with Crippen LogP contribution in [0.4, 0.5) is 29.1 Å². The van der Waals surface area contributed by atoms with Crippen molar-refractivity contribution in [2.45, 2.75) is 31.2 Å². The molecule has 1 aromatic heterocycles. The number of benzene rings is 1. The van der Waals surface area contributed by atoms with Gasteiger partial charge in [0.1, 0.15) is 17.7 Å². The highest BCUT2D eigenvalue weighted by molar-refractivity contribution is 5.63. The van der Waals surface area contributed by atoms with Gasteiger partial charge in [-0.3, -0.25) is 5.32 Å². The van der Waals surface area contributed by atoms with E-state index in [-0.39, 0.29) is 23.4 Å². The minimum Gasteiger partial charge on any atom is -0.339 e. The summed E-state index contributed by atoms with van der Waals surface area (Å²) >= 11 is 0. The van der Waals surface area contributed by atoms with Crippen molar-refractivity contribution in [1.82, 2.24) is 10.3 Å². The van der Waals surface area contributed by atoms with Crippen molar-refractivity contribution < 1.29 is 17.6 Å². The van der Waals surface area contributed by atoms with E-state index in [0.717, 1.165) is 6.07 Å². The molecule has 2 aromatic rings. The van der Waals surface area contributed by atoms with Crippen molar-refractivity contribution in [3.8, 4) is 6.07 Å². The Labute approximate surface area is 153 Å². The Bertz CT molecular complexity index is 892. The number of nitriles is 1. The number of hydrogen-bond acceptors (Lipinski definition) is 5. The minimum atomic E-state index is -4.54. The molecule has 0 spiro atoms. The van der Waals surface area contributed by atoms with Gasteiger partial charge in [0.2, 0.25) is 0 Å². The number of halogens is 4. The van der Waals surface area contributed by atoms with E-state index in [0.29, 0.717) is 5.69 Å². The molecular formula is C18H17F4N5. The van der Waals surface area contributed by atoms with Crippen molar-refractivity contribution in [3.05, 3.63) is 53.5 Å². The largest absolute Gasteiger partial charge is 0.394 e. The smallest absolute Gasteiger partial charge is 0.339 e. The maximum absolute atomic E-state index is 14.5. The molecule has 27 heavy (non-hydrogen) atoms. The first kappa shape index (κ1) is 19.1. The molecule has 1 unspecified atom stereocenters. The Kier molecular flexibility index (Phi) is 4.80. The van der Waals surface area contributed by atoms with E-state index in [2.05, 4.69) is 15.6 Å². The fourth-order valence-electron chi connectivity index (χ4n) is 3.49. The average molecular weight is 379 g/mol. The molecule has 0 radical (unpaired) electrons. The topological polar surface area (TPSA) is 86.8 Å². The van der Waals surface area contributed by atoms with E-state index in [4.69, 9.17) is 11.0 Å². The number of nitrogens with zero attached hydrogens (tertiary/aromatic N) is 2. The first-order valence-corrected chi connectivity index (χ1v) is 8.17. The lowest BCUT2D eigenvalue weighted by Crippen LogP contribution is -2.47. The second kappa shape index (κ2) is 6.79. The third-order valence-corrected chi connectivity index (χ3v) is 4.78. The molecule has 0 saturated carbocycles. The summed E-state index contributed by atoms with van der Waals surface area (Å²) in [6.07, 6.45) is -4.33. The molecule has 1 saturated heterocycles. The number of aromatic nitrogens is 1. The molecule has 0 bridgehead atoms. The zero-order chi connectivity index (χ0) is 19.8. The normalized spacial score (nSPS) is 25.2. The number of pyridine rings is 1. The molecule has 1 aliphatic heterocycles. The molecule has 5 nitrogen and oxygen atoms in total. The first-order valence-electron chi connectivity index (χ1n) is 8.17. The summed E-state index contributed by atoms with van der Waals surface area (Å²) in [6, 6.07) is 8.82. The van der Waals surface area contributed by atoms with Crippen LogP contribution in [0.25, 0.3) is 0 Å². The first-order chi connectivity index (χ1) is 12.6. The van der Waals surface area contributed by atoms with Crippen LogP contribution in [-0.2, 0) is 5.54 Å². The van der Waals surface area contributed by atoms with Crippen LogP contribution in [0.1, 0.15) is 24.5 Å². The van der Waals surface area contributed by atoms with Gasteiger partial charge in [0, 0.05) is 17.4 Å². The van der Waals surface area contributed by atoms with Crippen molar-refractivity contribution in [3.63, 3.8) is 0 Å². The second-order valence-corrected chi connectivity index (χ2v) is 6.61. The molecular weight excluding hydrogens is 362 g/mol. The number of anilines is 2. The predicted molar refractivity (Wildman–Crippen MR) is 91.3 cm³/mol. The Hall–Kier alpha value is -2.70. The third-order valence-electron chi connectivity index (χ3n) is 4.78. The van der Waals surface area contributed by atoms with Gasteiger partial charge < -0.3 is 11.1 Å². The molecule has 0 amide bonds. The van der Waals surface area contributed by atoms with Crippen molar-refractivity contribution in [2.24, 2.45) is 11.7 Å². The van der Waals surface area contributed by atoms with E-state index >= 15 is 0 Å². The van der Waals surface area contributed by atoms with Crippen LogP contribution in [0.3, 0.4) is 0 Å². The number of rotatable bonds is 3. The van der Waals surface area contributed by atoms with Gasteiger partial charge in [0.05, 0.1) is 23.2 Å². The minimum absolute atomic E-state index is 0.155. The molecule has 1 aliphatic rings. The third kappa shape index (κ3) is 3.59. The fourth-order valence-corrected chi connectivity index (χ4v) is 3.49. The highest BCUT2D eigenvalue weighted by Gasteiger charge is 2.57. The van der Waals surface area contributed by atoms with Gasteiger partial charge in [-0.25, -0.2) is 9.37 Å². The second-order valence-electron chi connectivity index (χ2n) is 6.61. The average Bonchev–Trinajstić information content (AvgIpc) is 2.93. The summed E-state index contributed by atoms with van der Waals surface area (Å²) in [6.45, 7) is 1.29. The molecule has 3 atom stereocenters. The van der Waals surface area contributed by atoms with E-state index in [1.807, 2.05) is 6.07 Å². The van der Waals surface area contributed by atoms with Gasteiger partial charge in [-0.15, -0.1) is 0 Å². The summed E-state index contributed by atoms with van der Waals surface area (Å²) in [4.78, 5) is 4.04. The molecule has 4 N–H and O–H groups in total. The van der Waals surface area contributed by atoms with Crippen LogP contribution in [0.5, 0.6) is 0 Å². The van der Waals surface area contributed by atoms with Crippen LogP contribution >= 0.6 is 0 Å². The molecule has 0 aliphatic carbocycles. The van der Waals surface area contributed by atoms with Gasteiger partial charge in [0.15, 0.2) is 0 Å². The predicted octanol–water partition coefficient (Wildman–Crippen LogP) is 3.51. The Morgan fingerprint density at radius 1 is 1.37 bits per heavy atom. The highest BCUT2D eigenvalue weighted by atomic mass is 19.4. The number of alkyl halides is 3. The zero-order valence-corrected chi connectivity index (χ0v) is 14.3. The lowest BCUT2D eigenvalue weighted by molar-refractivity contribution is -0.188. The number of hydrogen-bond donors (Lipinski definition) is 3. The molecule has 2 heterocycles. The molecule has 1 aromatic carbocycles. The molecule has 142 valence electrons. The van der Waals surface area contributed by atoms with Gasteiger partial charge >= 0.3 is 6.18 Å². The van der Waals surface area contributed by atoms with Crippen LogP contribution < -0.4 is 16.4 Å². The van der Waals surface area contributed by atoms with Crippen LogP contribution in [0, 0.1) is 23.1 Å². The summed E-state index contributed by atoms with van der Waals surface area (Å²) in [5.41, 5.74) is 4.38. The summed E-state index contributed by atoms with van der Waals surface area (Å²) in [7, 11) is 0. The van der Waals surface area contributed by atoms with Crippen molar-refractivity contribution >= 4 is 11.5 Å². The van der Waals surface area contributed by atoms with E-state index < -0.39 is 29.6 Å². The van der Waals surface area contributed by atoms with E-state index in [1.165, 1.54) is 31.3 Å². The molecule has 9 heteroatoms. The Balaban J connectivity index is 2.02. The highest BCUT2D eigenvalue weighted by Crippen LogP contribution is 2.47. The molecule has 3 rings (SSSR count). The van der Waals surface area contributed by atoms with Crippen LogP contribution in [-0.4, -0.2) is 17.3 Å².